The lowest BCUT2D eigenvalue weighted by molar-refractivity contribution is 0.243. The molecule has 0 fully saturated rings. The van der Waals surface area contributed by atoms with Crippen molar-refractivity contribution < 1.29 is 4.74 Å². The number of nitrogens with zero attached hydrogens (tertiary/aromatic N) is 2. The molecule has 0 saturated carbocycles. The molecule has 3 nitrogen and oxygen atoms in total. The van der Waals surface area contributed by atoms with E-state index in [1.165, 1.54) is 0 Å². The highest BCUT2D eigenvalue weighted by molar-refractivity contribution is 7.78. The Morgan fingerprint density at radius 3 is 3.00 bits per heavy atom. The van der Waals surface area contributed by atoms with Crippen LogP contribution in [0.2, 0.25) is 0 Å². The molecule has 4 heteroatoms. The van der Waals surface area contributed by atoms with Crippen LogP contribution in [-0.2, 0) is 0 Å². The summed E-state index contributed by atoms with van der Waals surface area (Å²) in [7, 11) is 0. The van der Waals surface area contributed by atoms with Gasteiger partial charge in [-0.15, -0.1) is 0 Å². The van der Waals surface area contributed by atoms with E-state index in [9.17, 15) is 0 Å². The maximum Gasteiger partial charge on any atom is 0.149 e. The van der Waals surface area contributed by atoms with E-state index >= 15 is 0 Å². The Balaban J connectivity index is 2.97. The number of hydrogen-bond donors (Lipinski definition) is 0. The average Bonchev–Trinajstić information content (AvgIpc) is 2.08. The van der Waals surface area contributed by atoms with E-state index in [-0.39, 0.29) is 6.10 Å². The second-order valence-electron chi connectivity index (χ2n) is 2.71. The largest absolute Gasteiger partial charge is 0.489 e. The van der Waals surface area contributed by atoms with Crippen molar-refractivity contribution in [1.82, 2.24) is 4.98 Å². The van der Waals surface area contributed by atoms with Gasteiger partial charge in [0.25, 0.3) is 0 Å². The van der Waals surface area contributed by atoms with Gasteiger partial charge in [-0.1, -0.05) is 0 Å². The Morgan fingerprint density at radius 1 is 1.62 bits per heavy atom. The van der Waals surface area contributed by atoms with Gasteiger partial charge in [-0.2, -0.15) is 4.99 Å². The SMILES string of the molecule is CC(C)Oc1ccncc1N=C=S. The zero-order chi connectivity index (χ0) is 9.68. The van der Waals surface area contributed by atoms with E-state index in [1.807, 2.05) is 13.8 Å². The van der Waals surface area contributed by atoms with Crippen LogP contribution in [0, 0.1) is 0 Å². The first kappa shape index (κ1) is 9.84. The summed E-state index contributed by atoms with van der Waals surface area (Å²) in [5.74, 6) is 0.683. The predicted octanol–water partition coefficient (Wildman–Crippen LogP) is 2.60. The van der Waals surface area contributed by atoms with Crippen molar-refractivity contribution in [2.75, 3.05) is 0 Å². The minimum atomic E-state index is 0.112. The lowest BCUT2D eigenvalue weighted by atomic mass is 10.4. The van der Waals surface area contributed by atoms with Gasteiger partial charge < -0.3 is 4.74 Å². The van der Waals surface area contributed by atoms with Crippen LogP contribution in [0.1, 0.15) is 13.8 Å². The molecule has 1 aromatic rings. The third-order valence-corrected chi connectivity index (χ3v) is 1.38. The van der Waals surface area contributed by atoms with Crippen LogP contribution >= 0.6 is 12.2 Å². The van der Waals surface area contributed by atoms with Crippen molar-refractivity contribution in [3.8, 4) is 5.75 Å². The van der Waals surface area contributed by atoms with Crippen LogP contribution < -0.4 is 4.74 Å². The quantitative estimate of drug-likeness (QED) is 0.548. The third-order valence-electron chi connectivity index (χ3n) is 1.29. The molecule has 0 unspecified atom stereocenters. The van der Waals surface area contributed by atoms with Crippen LogP contribution in [0.3, 0.4) is 0 Å². The lowest BCUT2D eigenvalue weighted by Crippen LogP contribution is -2.05. The molecule has 0 aromatic carbocycles. The van der Waals surface area contributed by atoms with E-state index in [2.05, 4.69) is 27.4 Å². The lowest BCUT2D eigenvalue weighted by Gasteiger charge is -2.10. The number of aliphatic imine (C=N–C) groups is 1. The van der Waals surface area contributed by atoms with E-state index in [0.717, 1.165) is 0 Å². The molecular formula is C9H10N2OS. The first-order valence-corrected chi connectivity index (χ1v) is 4.33. The van der Waals surface area contributed by atoms with Crippen molar-refractivity contribution in [3.05, 3.63) is 18.5 Å². The molecule has 68 valence electrons. The normalized spacial score (nSPS) is 9.46. The van der Waals surface area contributed by atoms with Gasteiger partial charge in [-0.05, 0) is 26.1 Å². The fourth-order valence-corrected chi connectivity index (χ4v) is 0.958. The molecule has 0 aliphatic rings. The molecule has 0 aliphatic carbocycles. The number of ether oxygens (including phenoxy) is 1. The summed E-state index contributed by atoms with van der Waals surface area (Å²) < 4.78 is 5.48. The number of hydrogen-bond acceptors (Lipinski definition) is 4. The first-order valence-electron chi connectivity index (χ1n) is 3.92. The van der Waals surface area contributed by atoms with E-state index < -0.39 is 0 Å². The molecular weight excluding hydrogens is 184 g/mol. The minimum Gasteiger partial charge on any atom is -0.489 e. The van der Waals surface area contributed by atoms with Crippen molar-refractivity contribution in [1.29, 1.82) is 0 Å². The fourth-order valence-electron chi connectivity index (χ4n) is 0.860. The van der Waals surface area contributed by atoms with Gasteiger partial charge in [0.05, 0.1) is 17.5 Å². The zero-order valence-corrected chi connectivity index (χ0v) is 8.34. The van der Waals surface area contributed by atoms with Crippen LogP contribution in [0.4, 0.5) is 5.69 Å². The topological polar surface area (TPSA) is 34.5 Å². The third kappa shape index (κ3) is 2.93. The second kappa shape index (κ2) is 4.70. The monoisotopic (exact) mass is 194 g/mol. The Kier molecular flexibility index (Phi) is 3.55. The van der Waals surface area contributed by atoms with Gasteiger partial charge in [0, 0.05) is 12.3 Å². The summed E-state index contributed by atoms with van der Waals surface area (Å²) in [5, 5.41) is 2.29. The summed E-state index contributed by atoms with van der Waals surface area (Å²) in [4.78, 5) is 7.75. The van der Waals surface area contributed by atoms with E-state index in [4.69, 9.17) is 4.74 Å². The van der Waals surface area contributed by atoms with Crippen molar-refractivity contribution in [2.24, 2.45) is 4.99 Å². The second-order valence-corrected chi connectivity index (χ2v) is 2.90. The standard InChI is InChI=1S/C9H10N2OS/c1-7(2)12-9-3-4-10-5-8(9)11-6-13/h3-5,7H,1-2H3. The summed E-state index contributed by atoms with van der Waals surface area (Å²) in [6, 6.07) is 1.76. The molecule has 0 saturated heterocycles. The maximum atomic E-state index is 5.48. The van der Waals surface area contributed by atoms with E-state index in [0.29, 0.717) is 11.4 Å². The average molecular weight is 194 g/mol. The molecule has 0 spiro atoms. The van der Waals surface area contributed by atoms with Crippen LogP contribution in [0.15, 0.2) is 23.5 Å². The number of rotatable bonds is 3. The summed E-state index contributed by atoms with van der Waals surface area (Å²) in [6.45, 7) is 3.90. The Labute approximate surface area is 82.5 Å². The summed E-state index contributed by atoms with van der Waals surface area (Å²) in [5.41, 5.74) is 0.617. The Bertz CT molecular complexity index is 332. The molecule has 1 heterocycles. The van der Waals surface area contributed by atoms with E-state index in [1.54, 1.807) is 18.5 Å². The van der Waals surface area contributed by atoms with Gasteiger partial charge in [0.15, 0.2) is 0 Å². The maximum absolute atomic E-state index is 5.48. The number of pyridine rings is 1. The van der Waals surface area contributed by atoms with Gasteiger partial charge in [0.1, 0.15) is 11.4 Å². The number of thiocarbonyl (C=S) groups is 1. The molecule has 0 N–H and O–H groups in total. The van der Waals surface area contributed by atoms with Crippen LogP contribution in [0.5, 0.6) is 5.75 Å². The van der Waals surface area contributed by atoms with Crippen LogP contribution in [-0.4, -0.2) is 16.2 Å². The first-order chi connectivity index (χ1) is 6.24. The molecule has 0 aliphatic heterocycles. The van der Waals surface area contributed by atoms with Gasteiger partial charge in [-0.3, -0.25) is 4.98 Å². The smallest absolute Gasteiger partial charge is 0.149 e. The highest BCUT2D eigenvalue weighted by Crippen LogP contribution is 2.25. The van der Waals surface area contributed by atoms with Gasteiger partial charge in [0.2, 0.25) is 0 Å². The van der Waals surface area contributed by atoms with Crippen molar-refractivity contribution in [2.45, 2.75) is 20.0 Å². The van der Waals surface area contributed by atoms with Gasteiger partial charge in [-0.25, -0.2) is 0 Å². The van der Waals surface area contributed by atoms with Crippen molar-refractivity contribution >= 4 is 23.1 Å². The highest BCUT2D eigenvalue weighted by Gasteiger charge is 2.03. The number of aromatic nitrogens is 1. The number of isothiocyanates is 1. The molecule has 0 atom stereocenters. The molecule has 13 heavy (non-hydrogen) atoms. The zero-order valence-electron chi connectivity index (χ0n) is 7.52. The summed E-state index contributed by atoms with van der Waals surface area (Å²) in [6.07, 6.45) is 3.36. The Morgan fingerprint density at radius 2 is 2.38 bits per heavy atom. The molecule has 0 bridgehead atoms. The molecule has 0 amide bonds. The van der Waals surface area contributed by atoms with Crippen molar-refractivity contribution in [3.63, 3.8) is 0 Å². The fraction of sp³-hybridized carbons (Fsp3) is 0.333. The van der Waals surface area contributed by atoms with Gasteiger partial charge >= 0.3 is 0 Å². The van der Waals surface area contributed by atoms with Crippen LogP contribution in [0.25, 0.3) is 0 Å². The summed E-state index contributed by atoms with van der Waals surface area (Å²) >= 11 is 4.51. The minimum absolute atomic E-state index is 0.112. The Hall–Kier alpha value is -1.25. The molecule has 1 aromatic heterocycles. The molecule has 0 radical (unpaired) electrons. The predicted molar refractivity (Wildman–Crippen MR) is 54.7 cm³/mol. The molecule has 1 rings (SSSR count). The highest BCUT2D eigenvalue weighted by atomic mass is 32.1.